The molecule has 0 amide bonds. The van der Waals surface area contributed by atoms with Crippen LogP contribution in [0.25, 0.3) is 11.1 Å². The van der Waals surface area contributed by atoms with E-state index < -0.39 is 17.5 Å². The van der Waals surface area contributed by atoms with Gasteiger partial charge in [0, 0.05) is 61.2 Å². The number of piperidine rings is 2. The van der Waals surface area contributed by atoms with Crippen LogP contribution in [-0.4, -0.2) is 59.6 Å². The fraction of sp³-hybridized carbons (Fsp3) is 0.500. The highest BCUT2D eigenvalue weighted by molar-refractivity contribution is 5.77. The molecule has 9 heteroatoms. The van der Waals surface area contributed by atoms with Crippen LogP contribution >= 0.6 is 0 Å². The van der Waals surface area contributed by atoms with Gasteiger partial charge in [0.05, 0.1) is 0 Å². The van der Waals surface area contributed by atoms with E-state index in [0.717, 1.165) is 32.0 Å². The molecule has 2 aromatic rings. The first kappa shape index (κ1) is 25.7. The van der Waals surface area contributed by atoms with Crippen LogP contribution in [0.4, 0.5) is 24.9 Å². The average molecular weight is 514 g/mol. The second-order valence-electron chi connectivity index (χ2n) is 9.91. The zero-order chi connectivity index (χ0) is 25.8. The molecule has 1 atom stereocenters. The summed E-state index contributed by atoms with van der Waals surface area (Å²) in [6, 6.07) is 4.02. The van der Waals surface area contributed by atoms with Gasteiger partial charge in [-0.05, 0) is 70.0 Å². The first-order valence-corrected chi connectivity index (χ1v) is 13.2. The number of nitrogens with zero attached hydrogens (tertiary/aromatic N) is 4. The third kappa shape index (κ3) is 5.99. The predicted octanol–water partition coefficient (Wildman–Crippen LogP) is 5.83. The van der Waals surface area contributed by atoms with Gasteiger partial charge in [-0.15, -0.1) is 0 Å². The van der Waals surface area contributed by atoms with E-state index in [1.165, 1.54) is 50.6 Å². The van der Waals surface area contributed by atoms with E-state index in [2.05, 4.69) is 20.1 Å². The molecule has 0 bridgehead atoms. The molecule has 37 heavy (non-hydrogen) atoms. The summed E-state index contributed by atoms with van der Waals surface area (Å²) >= 11 is 0. The molecule has 0 saturated carbocycles. The first-order chi connectivity index (χ1) is 17.9. The summed E-state index contributed by atoms with van der Waals surface area (Å²) < 4.78 is 48.2. The number of hydrogen-bond donors (Lipinski definition) is 1. The fourth-order valence-corrected chi connectivity index (χ4v) is 5.42. The second kappa shape index (κ2) is 11.2. The van der Waals surface area contributed by atoms with Gasteiger partial charge in [-0.1, -0.05) is 12.5 Å². The molecular formula is C28H34F3N5O. The minimum atomic E-state index is -1.85. The predicted molar refractivity (Wildman–Crippen MR) is 139 cm³/mol. The minimum absolute atomic E-state index is 0.0435. The van der Waals surface area contributed by atoms with Crippen LogP contribution < -0.4 is 10.2 Å². The normalized spacial score (nSPS) is 23.2. The zero-order valence-electron chi connectivity index (χ0n) is 21.2. The molecule has 5 rings (SSSR count). The Morgan fingerprint density at radius 2 is 1.86 bits per heavy atom. The molecule has 3 heterocycles. The standard InChI is InChI=1S/C28H34F3N5O/c1-2-37-28(31)12-8-21(9-13-28)33-26-24(23-7-6-20(29)18-25(23)30)19-32-27(34-26)36-16-10-22(11-17-36)35-14-4-3-5-15-35/h6-9,12,18-19,22H,2-5,10-11,13-17H2,1H3,(H,32,33,34). The molecular weight excluding hydrogens is 479 g/mol. The topological polar surface area (TPSA) is 53.5 Å². The highest BCUT2D eigenvalue weighted by atomic mass is 19.2. The number of allylic oxidation sites excluding steroid dienone is 1. The SMILES string of the molecule is CCOC1(F)C=CC(Nc2nc(N3CCC(N4CCCCC4)CC3)ncc2-c2ccc(F)cc2F)=CC1. The van der Waals surface area contributed by atoms with Crippen molar-refractivity contribution in [2.45, 2.75) is 57.3 Å². The molecule has 2 fully saturated rings. The Balaban J connectivity index is 1.38. The minimum Gasteiger partial charge on any atom is -0.343 e. The Labute approximate surface area is 216 Å². The number of likely N-dealkylation sites (tertiary alicyclic amines) is 1. The number of ether oxygens (including phenoxy) is 1. The maximum absolute atomic E-state index is 14.7. The molecule has 1 N–H and O–H groups in total. The van der Waals surface area contributed by atoms with Crippen molar-refractivity contribution < 1.29 is 17.9 Å². The summed E-state index contributed by atoms with van der Waals surface area (Å²) in [4.78, 5) is 14.1. The summed E-state index contributed by atoms with van der Waals surface area (Å²) in [6.45, 7) is 6.04. The number of hydrogen-bond acceptors (Lipinski definition) is 6. The van der Waals surface area contributed by atoms with Crippen LogP contribution in [0.2, 0.25) is 0 Å². The quantitative estimate of drug-likeness (QED) is 0.503. The number of nitrogens with one attached hydrogen (secondary N) is 1. The third-order valence-electron chi connectivity index (χ3n) is 7.41. The van der Waals surface area contributed by atoms with E-state index >= 15 is 0 Å². The Bertz CT molecular complexity index is 1160. The van der Waals surface area contributed by atoms with Gasteiger partial charge < -0.3 is 19.9 Å². The number of alkyl halides is 1. The van der Waals surface area contributed by atoms with Crippen molar-refractivity contribution in [3.63, 3.8) is 0 Å². The molecule has 198 valence electrons. The van der Waals surface area contributed by atoms with Gasteiger partial charge in [0.25, 0.3) is 0 Å². The van der Waals surface area contributed by atoms with Crippen molar-refractivity contribution in [3.05, 3.63) is 60.0 Å². The van der Waals surface area contributed by atoms with E-state index in [1.807, 2.05) is 0 Å². The maximum atomic E-state index is 14.7. The highest BCUT2D eigenvalue weighted by Gasteiger charge is 2.29. The lowest BCUT2D eigenvalue weighted by Crippen LogP contribution is -2.47. The molecule has 2 aliphatic heterocycles. The van der Waals surface area contributed by atoms with Gasteiger partial charge in [0.2, 0.25) is 11.8 Å². The number of anilines is 2. The zero-order valence-corrected chi connectivity index (χ0v) is 21.2. The Morgan fingerprint density at radius 1 is 1.08 bits per heavy atom. The van der Waals surface area contributed by atoms with Crippen molar-refractivity contribution in [1.29, 1.82) is 0 Å². The molecule has 1 aliphatic carbocycles. The average Bonchev–Trinajstić information content (AvgIpc) is 2.91. The smallest absolute Gasteiger partial charge is 0.232 e. The Morgan fingerprint density at radius 3 is 2.54 bits per heavy atom. The van der Waals surface area contributed by atoms with Crippen molar-refractivity contribution >= 4 is 11.8 Å². The van der Waals surface area contributed by atoms with E-state index in [4.69, 9.17) is 9.72 Å². The number of rotatable bonds is 7. The molecule has 1 aromatic carbocycles. The molecule has 2 saturated heterocycles. The van der Waals surface area contributed by atoms with Crippen molar-refractivity contribution in [2.75, 3.05) is 43.0 Å². The summed E-state index contributed by atoms with van der Waals surface area (Å²) in [7, 11) is 0. The van der Waals surface area contributed by atoms with Crippen LogP contribution in [-0.2, 0) is 4.74 Å². The Hall–Kier alpha value is -2.91. The second-order valence-corrected chi connectivity index (χ2v) is 9.91. The molecule has 6 nitrogen and oxygen atoms in total. The van der Waals surface area contributed by atoms with Crippen LogP contribution in [0.15, 0.2) is 48.3 Å². The summed E-state index contributed by atoms with van der Waals surface area (Å²) in [5, 5.41) is 3.22. The molecule has 0 radical (unpaired) electrons. The van der Waals surface area contributed by atoms with Crippen LogP contribution in [0.3, 0.4) is 0 Å². The van der Waals surface area contributed by atoms with Crippen molar-refractivity contribution in [3.8, 4) is 11.1 Å². The summed E-state index contributed by atoms with van der Waals surface area (Å²) in [5.41, 5.74) is 1.21. The molecule has 0 spiro atoms. The molecule has 3 aliphatic rings. The van der Waals surface area contributed by atoms with Gasteiger partial charge in [-0.3, -0.25) is 0 Å². The number of halogens is 3. The van der Waals surface area contributed by atoms with Crippen LogP contribution in [0.5, 0.6) is 0 Å². The summed E-state index contributed by atoms with van der Waals surface area (Å²) in [5.74, 6) is -2.26. The Kier molecular flexibility index (Phi) is 7.81. The van der Waals surface area contributed by atoms with Gasteiger partial charge in [-0.2, -0.15) is 4.98 Å². The third-order valence-corrected chi connectivity index (χ3v) is 7.41. The maximum Gasteiger partial charge on any atom is 0.232 e. The van der Waals surface area contributed by atoms with Crippen LogP contribution in [0, 0.1) is 11.6 Å². The van der Waals surface area contributed by atoms with E-state index in [9.17, 15) is 13.2 Å². The van der Waals surface area contributed by atoms with E-state index in [-0.39, 0.29) is 18.6 Å². The lowest BCUT2D eigenvalue weighted by molar-refractivity contribution is -0.0996. The van der Waals surface area contributed by atoms with E-state index in [1.54, 1.807) is 25.3 Å². The van der Waals surface area contributed by atoms with Crippen LogP contribution in [0.1, 0.15) is 45.4 Å². The highest BCUT2D eigenvalue weighted by Crippen LogP contribution is 2.33. The summed E-state index contributed by atoms with van der Waals surface area (Å²) in [6.07, 6.45) is 12.2. The molecule has 1 unspecified atom stereocenters. The van der Waals surface area contributed by atoms with Gasteiger partial charge in [0.1, 0.15) is 17.5 Å². The lowest BCUT2D eigenvalue weighted by atomic mass is 10.00. The largest absolute Gasteiger partial charge is 0.343 e. The van der Waals surface area contributed by atoms with Gasteiger partial charge in [0.15, 0.2) is 0 Å². The van der Waals surface area contributed by atoms with Crippen molar-refractivity contribution in [1.82, 2.24) is 14.9 Å². The monoisotopic (exact) mass is 513 g/mol. The van der Waals surface area contributed by atoms with Gasteiger partial charge in [-0.25, -0.2) is 18.2 Å². The molecule has 1 aromatic heterocycles. The van der Waals surface area contributed by atoms with E-state index in [0.29, 0.717) is 29.1 Å². The first-order valence-electron chi connectivity index (χ1n) is 13.2. The number of aromatic nitrogens is 2. The van der Waals surface area contributed by atoms with Crippen molar-refractivity contribution in [2.24, 2.45) is 0 Å². The fourth-order valence-electron chi connectivity index (χ4n) is 5.42. The lowest BCUT2D eigenvalue weighted by Gasteiger charge is -2.40. The number of benzene rings is 1. The van der Waals surface area contributed by atoms with Gasteiger partial charge >= 0.3 is 0 Å².